The SMILES string of the molecule is O=C(Cc1ccc(OC(F)(F)F)cc1)c1ccc(C#Cc2ccc(OC(F)(F)F)cc2)s1. The molecule has 10 heteroatoms. The summed E-state index contributed by atoms with van der Waals surface area (Å²) >= 11 is 1.13. The predicted molar refractivity (Wildman–Crippen MR) is 105 cm³/mol. The predicted octanol–water partition coefficient (Wildman–Crippen LogP) is 6.37. The first-order valence-electron chi connectivity index (χ1n) is 8.82. The Balaban J connectivity index is 1.60. The Morgan fingerprint density at radius 1 is 0.750 bits per heavy atom. The summed E-state index contributed by atoms with van der Waals surface area (Å²) in [4.78, 5) is 13.4. The van der Waals surface area contributed by atoms with Crippen LogP contribution in [0.15, 0.2) is 60.7 Å². The summed E-state index contributed by atoms with van der Waals surface area (Å²) in [5, 5.41) is 0. The molecule has 1 aromatic heterocycles. The van der Waals surface area contributed by atoms with E-state index in [0.29, 0.717) is 20.9 Å². The second-order valence-electron chi connectivity index (χ2n) is 6.28. The lowest BCUT2D eigenvalue weighted by Gasteiger charge is -2.08. The van der Waals surface area contributed by atoms with Crippen LogP contribution in [0.4, 0.5) is 26.3 Å². The van der Waals surface area contributed by atoms with Crippen LogP contribution in [0.5, 0.6) is 11.5 Å². The van der Waals surface area contributed by atoms with Crippen LogP contribution >= 0.6 is 11.3 Å². The van der Waals surface area contributed by atoms with E-state index in [9.17, 15) is 31.1 Å². The Morgan fingerprint density at radius 2 is 1.28 bits per heavy atom. The Kier molecular flexibility index (Phi) is 6.79. The molecule has 0 radical (unpaired) electrons. The van der Waals surface area contributed by atoms with Gasteiger partial charge >= 0.3 is 12.7 Å². The highest BCUT2D eigenvalue weighted by Crippen LogP contribution is 2.25. The molecule has 0 aliphatic heterocycles. The number of carbonyl (C=O) groups excluding carboxylic acids is 1. The number of alkyl halides is 6. The van der Waals surface area contributed by atoms with Gasteiger partial charge in [-0.25, -0.2) is 0 Å². The van der Waals surface area contributed by atoms with Gasteiger partial charge in [0, 0.05) is 12.0 Å². The second kappa shape index (κ2) is 9.36. The number of benzene rings is 2. The Hall–Kier alpha value is -3.45. The maximum absolute atomic E-state index is 12.4. The van der Waals surface area contributed by atoms with Crippen LogP contribution in [0.1, 0.15) is 25.7 Å². The summed E-state index contributed by atoms with van der Waals surface area (Å²) in [7, 11) is 0. The zero-order valence-corrected chi connectivity index (χ0v) is 16.7. The van der Waals surface area contributed by atoms with Crippen LogP contribution in [0, 0.1) is 11.8 Å². The molecular weight excluding hydrogens is 458 g/mol. The van der Waals surface area contributed by atoms with Crippen molar-refractivity contribution in [2.75, 3.05) is 0 Å². The first-order valence-corrected chi connectivity index (χ1v) is 9.64. The standard InChI is InChI=1S/C22H12F6O3S/c23-21(24,25)30-16-6-1-14(2-7-16)5-10-18-11-12-20(32-18)19(29)13-15-3-8-17(9-4-15)31-22(26,27)28/h1-4,6-9,11-12H,13H2. The molecule has 0 amide bonds. The van der Waals surface area contributed by atoms with Crippen molar-refractivity contribution in [2.45, 2.75) is 19.1 Å². The van der Waals surface area contributed by atoms with Gasteiger partial charge < -0.3 is 9.47 Å². The molecule has 32 heavy (non-hydrogen) atoms. The van der Waals surface area contributed by atoms with E-state index < -0.39 is 12.7 Å². The van der Waals surface area contributed by atoms with Crippen molar-refractivity contribution >= 4 is 17.1 Å². The van der Waals surface area contributed by atoms with E-state index in [2.05, 4.69) is 21.3 Å². The van der Waals surface area contributed by atoms with E-state index in [1.165, 1.54) is 24.3 Å². The number of halogens is 6. The molecule has 3 rings (SSSR count). The molecule has 0 unspecified atom stereocenters. The summed E-state index contributed by atoms with van der Waals surface area (Å²) < 4.78 is 80.7. The smallest absolute Gasteiger partial charge is 0.406 e. The van der Waals surface area contributed by atoms with Crippen molar-refractivity contribution in [1.82, 2.24) is 0 Å². The zero-order chi connectivity index (χ0) is 23.4. The summed E-state index contributed by atoms with van der Waals surface area (Å²) in [6.07, 6.45) is -9.57. The molecule has 3 nitrogen and oxygen atoms in total. The fraction of sp³-hybridized carbons (Fsp3) is 0.136. The first-order chi connectivity index (χ1) is 15.0. The average Bonchev–Trinajstić information content (AvgIpc) is 3.16. The number of hydrogen-bond donors (Lipinski definition) is 0. The number of hydrogen-bond acceptors (Lipinski definition) is 4. The lowest BCUT2D eigenvalue weighted by Crippen LogP contribution is -2.17. The number of rotatable bonds is 5. The highest BCUT2D eigenvalue weighted by atomic mass is 32.1. The maximum Gasteiger partial charge on any atom is 0.573 e. The highest BCUT2D eigenvalue weighted by Gasteiger charge is 2.31. The van der Waals surface area contributed by atoms with E-state index in [1.807, 2.05) is 0 Å². The quantitative estimate of drug-likeness (QED) is 0.247. The van der Waals surface area contributed by atoms with Gasteiger partial charge in [-0.2, -0.15) is 0 Å². The first kappa shape index (κ1) is 23.2. The minimum absolute atomic E-state index is 0.0135. The molecule has 3 aromatic rings. The summed E-state index contributed by atoms with van der Waals surface area (Å²) in [6.45, 7) is 0. The fourth-order valence-electron chi connectivity index (χ4n) is 2.51. The van der Waals surface area contributed by atoms with E-state index >= 15 is 0 Å². The van der Waals surface area contributed by atoms with Gasteiger partial charge in [0.05, 0.1) is 9.75 Å². The van der Waals surface area contributed by atoms with E-state index in [-0.39, 0.29) is 23.7 Å². The summed E-state index contributed by atoms with van der Waals surface area (Å²) in [5.41, 5.74) is 0.980. The van der Waals surface area contributed by atoms with Gasteiger partial charge in [0.2, 0.25) is 0 Å². The van der Waals surface area contributed by atoms with Crippen LogP contribution in [-0.2, 0) is 6.42 Å². The molecule has 0 saturated heterocycles. The van der Waals surface area contributed by atoms with Gasteiger partial charge in [0.15, 0.2) is 5.78 Å². The average molecular weight is 470 g/mol. The number of Topliss-reactive ketones (excluding diaryl/α,β-unsaturated/α-hetero) is 1. The lowest BCUT2D eigenvalue weighted by molar-refractivity contribution is -0.275. The number of carbonyl (C=O) groups is 1. The van der Waals surface area contributed by atoms with Gasteiger partial charge in [-0.1, -0.05) is 24.0 Å². The molecule has 0 fully saturated rings. The van der Waals surface area contributed by atoms with E-state index in [1.54, 1.807) is 12.1 Å². The van der Waals surface area contributed by atoms with Crippen LogP contribution < -0.4 is 9.47 Å². The minimum atomic E-state index is -4.79. The lowest BCUT2D eigenvalue weighted by atomic mass is 10.1. The van der Waals surface area contributed by atoms with Crippen molar-refractivity contribution in [3.63, 3.8) is 0 Å². The second-order valence-corrected chi connectivity index (χ2v) is 7.36. The van der Waals surface area contributed by atoms with Crippen LogP contribution in [0.3, 0.4) is 0 Å². The van der Waals surface area contributed by atoms with Crippen LogP contribution in [0.25, 0.3) is 0 Å². The normalized spacial score (nSPS) is 11.4. The maximum atomic E-state index is 12.4. The zero-order valence-electron chi connectivity index (χ0n) is 15.9. The molecule has 0 N–H and O–H groups in total. The molecule has 2 aromatic carbocycles. The molecule has 166 valence electrons. The third-order valence-electron chi connectivity index (χ3n) is 3.82. The summed E-state index contributed by atoms with van der Waals surface area (Å²) in [5.74, 6) is 4.65. The van der Waals surface area contributed by atoms with E-state index in [4.69, 9.17) is 0 Å². The van der Waals surface area contributed by atoms with Crippen molar-refractivity contribution in [3.8, 4) is 23.3 Å². The largest absolute Gasteiger partial charge is 0.573 e. The van der Waals surface area contributed by atoms with Gasteiger partial charge in [-0.3, -0.25) is 4.79 Å². The van der Waals surface area contributed by atoms with Gasteiger partial charge in [0.25, 0.3) is 0 Å². The van der Waals surface area contributed by atoms with E-state index in [0.717, 1.165) is 35.6 Å². The van der Waals surface area contributed by atoms with Gasteiger partial charge in [-0.05, 0) is 54.1 Å². The van der Waals surface area contributed by atoms with Crippen molar-refractivity contribution in [2.24, 2.45) is 0 Å². The number of ketones is 1. The van der Waals surface area contributed by atoms with Crippen LogP contribution in [-0.4, -0.2) is 18.5 Å². The fourth-order valence-corrected chi connectivity index (χ4v) is 3.31. The third kappa shape index (κ3) is 7.35. The van der Waals surface area contributed by atoms with Crippen molar-refractivity contribution in [3.05, 3.63) is 81.5 Å². The minimum Gasteiger partial charge on any atom is -0.406 e. The topological polar surface area (TPSA) is 35.5 Å². The molecule has 0 bridgehead atoms. The van der Waals surface area contributed by atoms with Crippen molar-refractivity contribution in [1.29, 1.82) is 0 Å². The molecule has 1 heterocycles. The molecule has 0 saturated carbocycles. The summed E-state index contributed by atoms with van der Waals surface area (Å²) in [6, 6.07) is 13.3. The van der Waals surface area contributed by atoms with Gasteiger partial charge in [-0.15, -0.1) is 37.7 Å². The Morgan fingerprint density at radius 3 is 1.81 bits per heavy atom. The third-order valence-corrected chi connectivity index (χ3v) is 4.86. The molecule has 0 aliphatic carbocycles. The molecular formula is C22H12F6O3S. The number of ether oxygens (including phenoxy) is 2. The van der Waals surface area contributed by atoms with Crippen molar-refractivity contribution < 1.29 is 40.6 Å². The highest BCUT2D eigenvalue weighted by molar-refractivity contribution is 7.14. The van der Waals surface area contributed by atoms with Gasteiger partial charge in [0.1, 0.15) is 11.5 Å². The molecule has 0 atom stereocenters. The van der Waals surface area contributed by atoms with Crippen LogP contribution in [0.2, 0.25) is 0 Å². The Labute approximate surface area is 182 Å². The molecule has 0 spiro atoms. The molecule has 0 aliphatic rings. The monoisotopic (exact) mass is 470 g/mol. The number of thiophene rings is 1. The Bertz CT molecular complexity index is 1130.